The van der Waals surface area contributed by atoms with Crippen molar-refractivity contribution < 1.29 is 23.6 Å². The number of aromatic nitrogens is 1. The number of ether oxygens (including phenoxy) is 1. The van der Waals surface area contributed by atoms with E-state index < -0.39 is 24.5 Å². The van der Waals surface area contributed by atoms with Crippen LogP contribution in [0.5, 0.6) is 0 Å². The van der Waals surface area contributed by atoms with Gasteiger partial charge in [-0.2, -0.15) is 0 Å². The number of carbonyl (C=O) groups excluding carboxylic acids is 3. The second kappa shape index (κ2) is 7.92. The molecular weight excluding hydrogens is 302 g/mol. The van der Waals surface area contributed by atoms with Gasteiger partial charge in [0.15, 0.2) is 12.2 Å². The Kier molecular flexibility index (Phi) is 5.67. The first-order valence-electron chi connectivity index (χ1n) is 7.16. The van der Waals surface area contributed by atoms with Crippen molar-refractivity contribution in [2.24, 2.45) is 0 Å². The zero-order valence-corrected chi connectivity index (χ0v) is 12.6. The maximum atomic E-state index is 11.7. The monoisotopic (exact) mass is 319 g/mol. The molecule has 8 nitrogen and oxygen atoms in total. The molecule has 1 aromatic heterocycles. The molecule has 2 aromatic rings. The summed E-state index contributed by atoms with van der Waals surface area (Å²) in [6.45, 7) is 1.81. The maximum Gasteiger partial charge on any atom is 0.321 e. The fourth-order valence-corrected chi connectivity index (χ4v) is 1.84. The number of urea groups is 1. The summed E-state index contributed by atoms with van der Waals surface area (Å²) in [6, 6.07) is 6.49. The van der Waals surface area contributed by atoms with Crippen LogP contribution in [-0.4, -0.2) is 36.2 Å². The van der Waals surface area contributed by atoms with Gasteiger partial charge in [0.2, 0.25) is 0 Å². The quantitative estimate of drug-likeness (QED) is 0.773. The molecule has 0 fully saturated rings. The molecule has 2 rings (SSSR count). The van der Waals surface area contributed by atoms with E-state index in [9.17, 15) is 14.4 Å². The lowest BCUT2D eigenvalue weighted by atomic mass is 10.2. The molecule has 0 saturated carbocycles. The first-order valence-corrected chi connectivity index (χ1v) is 7.16. The third-order valence-corrected chi connectivity index (χ3v) is 2.92. The summed E-state index contributed by atoms with van der Waals surface area (Å²) in [5, 5.41) is 9.05. The van der Waals surface area contributed by atoms with E-state index in [1.165, 1.54) is 0 Å². The SMILES string of the molecule is CCCNC(=O)NC(=O)COC(=O)Cc1noc2ccccc12. The summed E-state index contributed by atoms with van der Waals surface area (Å²) in [4.78, 5) is 34.4. The number of fused-ring (bicyclic) bond motifs is 1. The number of hydrogen-bond acceptors (Lipinski definition) is 6. The number of esters is 1. The summed E-state index contributed by atoms with van der Waals surface area (Å²) in [5.41, 5.74) is 1.01. The minimum atomic E-state index is -0.697. The van der Waals surface area contributed by atoms with Crippen LogP contribution in [0.1, 0.15) is 19.0 Å². The Labute approximate surface area is 132 Å². The van der Waals surface area contributed by atoms with E-state index in [0.717, 1.165) is 6.42 Å². The Bertz CT molecular complexity index is 710. The Morgan fingerprint density at radius 3 is 2.83 bits per heavy atom. The predicted molar refractivity (Wildman–Crippen MR) is 80.5 cm³/mol. The molecule has 0 aliphatic heterocycles. The van der Waals surface area contributed by atoms with Gasteiger partial charge in [-0.25, -0.2) is 4.79 Å². The number of amides is 3. The van der Waals surface area contributed by atoms with E-state index >= 15 is 0 Å². The summed E-state index contributed by atoms with van der Waals surface area (Å²) >= 11 is 0. The van der Waals surface area contributed by atoms with Crippen molar-refractivity contribution >= 4 is 28.9 Å². The Balaban J connectivity index is 1.79. The van der Waals surface area contributed by atoms with Crippen molar-refractivity contribution in [2.75, 3.05) is 13.2 Å². The Hall–Kier alpha value is -2.90. The second-order valence-electron chi connectivity index (χ2n) is 4.77. The Morgan fingerprint density at radius 1 is 1.26 bits per heavy atom. The molecule has 122 valence electrons. The van der Waals surface area contributed by atoms with Crippen LogP contribution >= 0.6 is 0 Å². The van der Waals surface area contributed by atoms with Crippen molar-refractivity contribution in [2.45, 2.75) is 19.8 Å². The number of imide groups is 1. The van der Waals surface area contributed by atoms with Gasteiger partial charge in [0.1, 0.15) is 5.69 Å². The molecule has 0 radical (unpaired) electrons. The number of benzene rings is 1. The topological polar surface area (TPSA) is 111 Å². The van der Waals surface area contributed by atoms with Gasteiger partial charge in [-0.1, -0.05) is 24.2 Å². The third kappa shape index (κ3) is 4.80. The van der Waals surface area contributed by atoms with E-state index in [2.05, 4.69) is 15.8 Å². The highest BCUT2D eigenvalue weighted by Crippen LogP contribution is 2.18. The number of nitrogens with one attached hydrogen (secondary N) is 2. The van der Waals surface area contributed by atoms with Gasteiger partial charge in [-0.15, -0.1) is 0 Å². The lowest BCUT2D eigenvalue weighted by Crippen LogP contribution is -2.41. The zero-order chi connectivity index (χ0) is 16.7. The van der Waals surface area contributed by atoms with Gasteiger partial charge in [-0.05, 0) is 18.6 Å². The molecule has 0 saturated heterocycles. The number of para-hydroxylation sites is 1. The molecule has 23 heavy (non-hydrogen) atoms. The van der Waals surface area contributed by atoms with Crippen LogP contribution in [0.25, 0.3) is 11.0 Å². The van der Waals surface area contributed by atoms with Crippen LogP contribution in [0.2, 0.25) is 0 Å². The molecule has 3 amide bonds. The third-order valence-electron chi connectivity index (χ3n) is 2.92. The Morgan fingerprint density at radius 2 is 2.04 bits per heavy atom. The number of hydrogen-bond donors (Lipinski definition) is 2. The maximum absolute atomic E-state index is 11.7. The minimum Gasteiger partial charge on any atom is -0.455 e. The summed E-state index contributed by atoms with van der Waals surface area (Å²) in [6.07, 6.45) is 0.634. The largest absolute Gasteiger partial charge is 0.455 e. The molecule has 1 aromatic carbocycles. The first-order chi connectivity index (χ1) is 11.1. The van der Waals surface area contributed by atoms with Crippen molar-refractivity contribution in [1.29, 1.82) is 0 Å². The minimum absolute atomic E-state index is 0.119. The molecule has 0 atom stereocenters. The molecule has 0 spiro atoms. The molecule has 0 unspecified atom stereocenters. The lowest BCUT2D eigenvalue weighted by Gasteiger charge is -2.06. The fraction of sp³-hybridized carbons (Fsp3) is 0.333. The first kappa shape index (κ1) is 16.5. The van der Waals surface area contributed by atoms with Gasteiger partial charge < -0.3 is 14.6 Å². The normalized spacial score (nSPS) is 10.3. The van der Waals surface area contributed by atoms with E-state index in [1.807, 2.05) is 6.92 Å². The molecule has 0 aliphatic carbocycles. The van der Waals surface area contributed by atoms with Gasteiger partial charge in [0, 0.05) is 11.9 Å². The summed E-state index contributed by atoms with van der Waals surface area (Å²) in [5.74, 6) is -1.33. The highest BCUT2D eigenvalue weighted by atomic mass is 16.5. The van der Waals surface area contributed by atoms with E-state index in [0.29, 0.717) is 23.2 Å². The van der Waals surface area contributed by atoms with E-state index in [-0.39, 0.29) is 6.42 Å². The lowest BCUT2D eigenvalue weighted by molar-refractivity contribution is -0.147. The van der Waals surface area contributed by atoms with Crippen molar-refractivity contribution in [3.05, 3.63) is 30.0 Å². The summed E-state index contributed by atoms with van der Waals surface area (Å²) in [7, 11) is 0. The van der Waals surface area contributed by atoms with Gasteiger partial charge in [0.25, 0.3) is 5.91 Å². The van der Waals surface area contributed by atoms with Crippen LogP contribution in [0, 0.1) is 0 Å². The highest BCUT2D eigenvalue weighted by molar-refractivity contribution is 5.95. The highest BCUT2D eigenvalue weighted by Gasteiger charge is 2.15. The van der Waals surface area contributed by atoms with E-state index in [1.54, 1.807) is 24.3 Å². The zero-order valence-electron chi connectivity index (χ0n) is 12.6. The summed E-state index contributed by atoms with van der Waals surface area (Å²) < 4.78 is 9.89. The van der Waals surface area contributed by atoms with Crippen LogP contribution in [0.4, 0.5) is 4.79 Å². The van der Waals surface area contributed by atoms with E-state index in [4.69, 9.17) is 9.26 Å². The average Bonchev–Trinajstić information content (AvgIpc) is 2.94. The molecule has 0 aliphatic rings. The van der Waals surface area contributed by atoms with Gasteiger partial charge in [-0.3, -0.25) is 14.9 Å². The van der Waals surface area contributed by atoms with Crippen LogP contribution in [0.3, 0.4) is 0 Å². The molecule has 0 bridgehead atoms. The second-order valence-corrected chi connectivity index (χ2v) is 4.77. The van der Waals surface area contributed by atoms with Crippen molar-refractivity contribution in [3.8, 4) is 0 Å². The van der Waals surface area contributed by atoms with Crippen LogP contribution < -0.4 is 10.6 Å². The molecule has 2 N–H and O–H groups in total. The van der Waals surface area contributed by atoms with Crippen LogP contribution in [0.15, 0.2) is 28.8 Å². The van der Waals surface area contributed by atoms with Crippen molar-refractivity contribution in [1.82, 2.24) is 15.8 Å². The van der Waals surface area contributed by atoms with Crippen molar-refractivity contribution in [3.63, 3.8) is 0 Å². The fourth-order valence-electron chi connectivity index (χ4n) is 1.84. The molecule has 8 heteroatoms. The van der Waals surface area contributed by atoms with Gasteiger partial charge >= 0.3 is 12.0 Å². The smallest absolute Gasteiger partial charge is 0.321 e. The average molecular weight is 319 g/mol. The number of rotatable bonds is 6. The van der Waals surface area contributed by atoms with Gasteiger partial charge in [0.05, 0.1) is 6.42 Å². The number of nitrogens with zero attached hydrogens (tertiary/aromatic N) is 1. The number of carbonyl (C=O) groups is 3. The van der Waals surface area contributed by atoms with Crippen LogP contribution in [-0.2, 0) is 20.7 Å². The molecule has 1 heterocycles. The molecular formula is C15H17N3O5. The predicted octanol–water partition coefficient (Wildman–Crippen LogP) is 1.15. The standard InChI is InChI=1S/C15H17N3O5/c1-2-7-16-15(21)17-13(19)9-22-14(20)8-11-10-5-3-4-6-12(10)23-18-11/h3-6H,2,7-9H2,1H3,(H2,16,17,19,21).